The molecule has 0 atom stereocenters. The highest BCUT2D eigenvalue weighted by Gasteiger charge is 2.07. The van der Waals surface area contributed by atoms with Crippen molar-refractivity contribution in [2.45, 2.75) is 0 Å². The third-order valence-corrected chi connectivity index (χ3v) is 2.59. The second kappa shape index (κ2) is 2.70. The van der Waals surface area contributed by atoms with Crippen LogP contribution in [0.4, 0.5) is 5.82 Å². The van der Waals surface area contributed by atoms with Crippen LogP contribution in [0.2, 0.25) is 0 Å². The summed E-state index contributed by atoms with van der Waals surface area (Å²) in [5, 5.41) is 9.43. The third kappa shape index (κ3) is 1.23. The Balaban J connectivity index is 2.72. The molecule has 0 aliphatic heterocycles. The Kier molecular flexibility index (Phi) is 1.66. The van der Waals surface area contributed by atoms with E-state index in [9.17, 15) is 4.79 Å². The molecule has 0 saturated carbocycles. The van der Waals surface area contributed by atoms with E-state index >= 15 is 0 Å². The molecule has 0 fully saturated rings. The molecule has 3 N–H and O–H groups in total. The lowest BCUT2D eigenvalue weighted by molar-refractivity contribution is 0.0697. The van der Waals surface area contributed by atoms with Gasteiger partial charge in [0.1, 0.15) is 5.82 Å². The van der Waals surface area contributed by atoms with Crippen molar-refractivity contribution in [3.8, 4) is 0 Å². The standard InChI is InChI=1S/C8H6N2O2S/c9-7-5-3-4(8(11)12)1-2-6(5)13-10-7/h1-3H,(H2,9,10)(H,11,12). The topological polar surface area (TPSA) is 76.2 Å². The Morgan fingerprint density at radius 1 is 1.54 bits per heavy atom. The number of hydrogen-bond acceptors (Lipinski definition) is 4. The van der Waals surface area contributed by atoms with Crippen LogP contribution in [0.25, 0.3) is 10.1 Å². The van der Waals surface area contributed by atoms with Crippen molar-refractivity contribution in [2.24, 2.45) is 0 Å². The fourth-order valence-corrected chi connectivity index (χ4v) is 1.78. The molecular weight excluding hydrogens is 188 g/mol. The van der Waals surface area contributed by atoms with E-state index in [4.69, 9.17) is 10.8 Å². The fraction of sp³-hybridized carbons (Fsp3) is 0. The molecule has 1 heterocycles. The SMILES string of the molecule is Nc1nsc2ccc(C(=O)O)cc12. The van der Waals surface area contributed by atoms with Gasteiger partial charge in [0, 0.05) is 5.39 Å². The number of nitrogens with two attached hydrogens (primary N) is 1. The lowest BCUT2D eigenvalue weighted by Gasteiger charge is -1.93. The Hall–Kier alpha value is -1.62. The van der Waals surface area contributed by atoms with Crippen LogP contribution < -0.4 is 5.73 Å². The zero-order valence-electron chi connectivity index (χ0n) is 6.52. The molecule has 0 aliphatic carbocycles. The molecule has 4 nitrogen and oxygen atoms in total. The monoisotopic (exact) mass is 194 g/mol. The first-order valence-corrected chi connectivity index (χ1v) is 4.34. The number of nitrogen functional groups attached to an aromatic ring is 1. The van der Waals surface area contributed by atoms with Crippen LogP contribution in [0.3, 0.4) is 0 Å². The van der Waals surface area contributed by atoms with Crippen molar-refractivity contribution in [3.05, 3.63) is 23.8 Å². The van der Waals surface area contributed by atoms with E-state index in [1.165, 1.54) is 17.6 Å². The zero-order chi connectivity index (χ0) is 9.42. The van der Waals surface area contributed by atoms with Gasteiger partial charge in [0.05, 0.1) is 10.3 Å². The predicted molar refractivity (Wildman–Crippen MR) is 51.0 cm³/mol. The second-order valence-electron chi connectivity index (χ2n) is 2.58. The first-order chi connectivity index (χ1) is 6.18. The van der Waals surface area contributed by atoms with Gasteiger partial charge in [-0.25, -0.2) is 4.79 Å². The third-order valence-electron chi connectivity index (χ3n) is 1.74. The Labute approximate surface area is 77.8 Å². The molecule has 0 saturated heterocycles. The highest BCUT2D eigenvalue weighted by molar-refractivity contribution is 7.13. The molecule has 0 bridgehead atoms. The van der Waals surface area contributed by atoms with Gasteiger partial charge in [-0.1, -0.05) is 0 Å². The maximum atomic E-state index is 10.6. The lowest BCUT2D eigenvalue weighted by atomic mass is 10.2. The zero-order valence-corrected chi connectivity index (χ0v) is 7.34. The fourth-order valence-electron chi connectivity index (χ4n) is 1.09. The van der Waals surface area contributed by atoms with Gasteiger partial charge in [-0.3, -0.25) is 0 Å². The number of aromatic carboxylic acids is 1. The number of aromatic nitrogens is 1. The Morgan fingerprint density at radius 2 is 2.31 bits per heavy atom. The van der Waals surface area contributed by atoms with Crippen molar-refractivity contribution >= 4 is 33.4 Å². The highest BCUT2D eigenvalue weighted by atomic mass is 32.1. The summed E-state index contributed by atoms with van der Waals surface area (Å²) in [6.45, 7) is 0. The summed E-state index contributed by atoms with van der Waals surface area (Å²) in [6, 6.07) is 4.80. The van der Waals surface area contributed by atoms with Gasteiger partial charge in [0.15, 0.2) is 0 Å². The number of benzene rings is 1. The molecule has 0 spiro atoms. The largest absolute Gasteiger partial charge is 0.478 e. The molecule has 0 aliphatic rings. The number of carboxylic acid groups (broad SMARTS) is 1. The summed E-state index contributed by atoms with van der Waals surface area (Å²) < 4.78 is 4.83. The molecule has 1 aromatic heterocycles. The minimum absolute atomic E-state index is 0.236. The number of carbonyl (C=O) groups is 1. The molecular formula is C8H6N2O2S. The predicted octanol–water partition coefficient (Wildman–Crippen LogP) is 1.58. The van der Waals surface area contributed by atoms with Crippen molar-refractivity contribution in [2.75, 3.05) is 5.73 Å². The van der Waals surface area contributed by atoms with E-state index in [0.717, 1.165) is 4.70 Å². The average molecular weight is 194 g/mol. The van der Waals surface area contributed by atoms with Crippen molar-refractivity contribution < 1.29 is 9.90 Å². The molecule has 1 aromatic carbocycles. The van der Waals surface area contributed by atoms with E-state index in [2.05, 4.69) is 4.37 Å². The normalized spacial score (nSPS) is 10.5. The number of rotatable bonds is 1. The van der Waals surface area contributed by atoms with Gasteiger partial charge < -0.3 is 10.8 Å². The second-order valence-corrected chi connectivity index (χ2v) is 3.39. The van der Waals surface area contributed by atoms with Crippen LogP contribution in [0.5, 0.6) is 0 Å². The van der Waals surface area contributed by atoms with Crippen molar-refractivity contribution in [1.29, 1.82) is 0 Å². The van der Waals surface area contributed by atoms with Gasteiger partial charge >= 0.3 is 5.97 Å². The van der Waals surface area contributed by atoms with Gasteiger partial charge in [0.25, 0.3) is 0 Å². The van der Waals surface area contributed by atoms with Crippen LogP contribution in [0.15, 0.2) is 18.2 Å². The van der Waals surface area contributed by atoms with Crippen LogP contribution in [-0.2, 0) is 0 Å². The maximum Gasteiger partial charge on any atom is 0.335 e. The summed E-state index contributed by atoms with van der Waals surface area (Å²) >= 11 is 1.27. The molecule has 5 heteroatoms. The molecule has 2 rings (SSSR count). The molecule has 2 aromatic rings. The highest BCUT2D eigenvalue weighted by Crippen LogP contribution is 2.25. The minimum Gasteiger partial charge on any atom is -0.478 e. The van der Waals surface area contributed by atoms with Gasteiger partial charge in [0.2, 0.25) is 0 Å². The molecule has 66 valence electrons. The molecule has 13 heavy (non-hydrogen) atoms. The van der Waals surface area contributed by atoms with Crippen LogP contribution >= 0.6 is 11.5 Å². The van der Waals surface area contributed by atoms with Crippen LogP contribution in [-0.4, -0.2) is 15.4 Å². The number of anilines is 1. The summed E-state index contributed by atoms with van der Waals surface area (Å²) in [6.07, 6.45) is 0. The minimum atomic E-state index is -0.951. The van der Waals surface area contributed by atoms with Crippen LogP contribution in [0, 0.1) is 0 Å². The van der Waals surface area contributed by atoms with Crippen molar-refractivity contribution in [3.63, 3.8) is 0 Å². The van der Waals surface area contributed by atoms with Gasteiger partial charge in [-0.15, -0.1) is 0 Å². The first kappa shape index (κ1) is 8.00. The molecule has 0 amide bonds. The quantitative estimate of drug-likeness (QED) is 0.722. The van der Waals surface area contributed by atoms with E-state index in [1.807, 2.05) is 0 Å². The summed E-state index contributed by atoms with van der Waals surface area (Å²) in [7, 11) is 0. The number of carboxylic acids is 1. The Bertz CT molecular complexity index is 478. The van der Waals surface area contributed by atoms with E-state index in [-0.39, 0.29) is 5.56 Å². The van der Waals surface area contributed by atoms with E-state index < -0.39 is 5.97 Å². The smallest absolute Gasteiger partial charge is 0.335 e. The maximum absolute atomic E-state index is 10.6. The summed E-state index contributed by atoms with van der Waals surface area (Å²) in [4.78, 5) is 10.6. The van der Waals surface area contributed by atoms with E-state index in [0.29, 0.717) is 11.2 Å². The van der Waals surface area contributed by atoms with Crippen molar-refractivity contribution in [1.82, 2.24) is 4.37 Å². The Morgan fingerprint density at radius 3 is 3.00 bits per heavy atom. The number of hydrogen-bond donors (Lipinski definition) is 2. The van der Waals surface area contributed by atoms with Crippen LogP contribution in [0.1, 0.15) is 10.4 Å². The average Bonchev–Trinajstić information content (AvgIpc) is 2.47. The summed E-state index contributed by atoms with van der Waals surface area (Å²) in [5.74, 6) is -0.560. The van der Waals surface area contributed by atoms with Gasteiger partial charge in [-0.2, -0.15) is 4.37 Å². The first-order valence-electron chi connectivity index (χ1n) is 3.56. The summed E-state index contributed by atoms with van der Waals surface area (Å²) in [5.41, 5.74) is 5.79. The number of fused-ring (bicyclic) bond motifs is 1. The lowest BCUT2D eigenvalue weighted by Crippen LogP contribution is -1.95. The van der Waals surface area contributed by atoms with Gasteiger partial charge in [-0.05, 0) is 29.7 Å². The van der Waals surface area contributed by atoms with E-state index in [1.54, 1.807) is 12.1 Å². The number of nitrogens with zero attached hydrogens (tertiary/aromatic N) is 1. The molecule has 0 unspecified atom stereocenters. The molecule has 0 radical (unpaired) electrons.